The second-order valence-electron chi connectivity index (χ2n) is 6.06. The van der Waals surface area contributed by atoms with Crippen LogP contribution in [0, 0.1) is 0 Å². The molecule has 0 aromatic carbocycles. The van der Waals surface area contributed by atoms with Gasteiger partial charge in [0.15, 0.2) is 0 Å². The Hall–Kier alpha value is -2.95. The molecule has 0 saturated carbocycles. The highest BCUT2D eigenvalue weighted by atomic mass is 16.4. The summed E-state index contributed by atoms with van der Waals surface area (Å²) >= 11 is 0. The molecule has 1 aliphatic heterocycles. The fourth-order valence-electron chi connectivity index (χ4n) is 2.68. The lowest BCUT2D eigenvalue weighted by atomic mass is 10.1. The molecule has 3 atom stereocenters. The number of aliphatic carboxylic acids is 1. The fraction of sp³-hybridized carbons (Fsp3) is 0.533. The van der Waals surface area contributed by atoms with Gasteiger partial charge in [-0.15, -0.1) is 0 Å². The third-order valence-corrected chi connectivity index (χ3v) is 4.01. The van der Waals surface area contributed by atoms with E-state index in [0.29, 0.717) is 18.7 Å². The third-order valence-electron chi connectivity index (χ3n) is 4.01. The molecular weight excluding hydrogens is 344 g/mol. The normalized spacial score (nSPS) is 18.7. The van der Waals surface area contributed by atoms with E-state index < -0.39 is 48.2 Å². The topological polar surface area (TPSA) is 179 Å². The Balaban J connectivity index is 2.02. The lowest BCUT2D eigenvalue weighted by molar-refractivity contribution is -0.142. The van der Waals surface area contributed by atoms with E-state index in [1.54, 1.807) is 0 Å². The average Bonchev–Trinajstić information content (AvgIpc) is 3.26. The summed E-state index contributed by atoms with van der Waals surface area (Å²) in [5, 5.41) is 17.1. The molecule has 11 nitrogen and oxygen atoms in total. The first kappa shape index (κ1) is 19.4. The number of hydrogen-bond donors (Lipinski definition) is 6. The highest BCUT2D eigenvalue weighted by Gasteiger charge is 2.31. The summed E-state index contributed by atoms with van der Waals surface area (Å²) in [6.07, 6.45) is 3.82. The van der Waals surface area contributed by atoms with E-state index in [2.05, 4.69) is 25.9 Å². The fourth-order valence-corrected chi connectivity index (χ4v) is 2.68. The maximum Gasteiger partial charge on any atom is 0.326 e. The van der Waals surface area contributed by atoms with Gasteiger partial charge in [0.2, 0.25) is 17.7 Å². The summed E-state index contributed by atoms with van der Waals surface area (Å²) in [6, 6.07) is -2.94. The van der Waals surface area contributed by atoms with Crippen molar-refractivity contribution in [2.24, 2.45) is 5.73 Å². The molecule has 1 aromatic rings. The summed E-state index contributed by atoms with van der Waals surface area (Å²) < 4.78 is 0. The number of amides is 3. The van der Waals surface area contributed by atoms with Crippen molar-refractivity contribution in [2.45, 2.75) is 43.8 Å². The molecule has 1 aliphatic rings. The quantitative estimate of drug-likeness (QED) is 0.283. The molecule has 7 N–H and O–H groups in total. The molecule has 1 aromatic heterocycles. The standard InChI is InChI=1S/C15H22N6O5/c16-12(22)5-10(20-13(23)9-2-1-3-18-9)14(24)21-11(15(25)26)4-8-6-17-7-19-8/h6-7,9-11,18H,1-5H2,(H2,16,22)(H,17,19)(H,20,23)(H,21,24)(H,25,26)/t9-,10-,11-/m0/s1. The Morgan fingerprint density at radius 3 is 2.62 bits per heavy atom. The van der Waals surface area contributed by atoms with Gasteiger partial charge in [-0.1, -0.05) is 0 Å². The van der Waals surface area contributed by atoms with Gasteiger partial charge >= 0.3 is 5.97 Å². The van der Waals surface area contributed by atoms with Gasteiger partial charge in [-0.25, -0.2) is 9.78 Å². The van der Waals surface area contributed by atoms with Gasteiger partial charge < -0.3 is 31.8 Å². The predicted octanol–water partition coefficient (Wildman–Crippen LogP) is -2.37. The second kappa shape index (κ2) is 8.94. The van der Waals surface area contributed by atoms with Crippen molar-refractivity contribution in [3.63, 3.8) is 0 Å². The van der Waals surface area contributed by atoms with Crippen molar-refractivity contribution >= 4 is 23.7 Å². The van der Waals surface area contributed by atoms with Crippen molar-refractivity contribution in [1.29, 1.82) is 0 Å². The maximum atomic E-state index is 12.4. The highest BCUT2D eigenvalue weighted by molar-refractivity contribution is 5.94. The zero-order valence-corrected chi connectivity index (χ0v) is 14.0. The summed E-state index contributed by atoms with van der Waals surface area (Å²) in [6.45, 7) is 0.691. The SMILES string of the molecule is NC(=O)C[C@H](NC(=O)[C@@H]1CCCN1)C(=O)N[C@@H](Cc1cnc[nH]1)C(=O)O. The summed E-state index contributed by atoms with van der Waals surface area (Å²) in [7, 11) is 0. The van der Waals surface area contributed by atoms with Crippen LogP contribution in [0.25, 0.3) is 0 Å². The highest BCUT2D eigenvalue weighted by Crippen LogP contribution is 2.06. The van der Waals surface area contributed by atoms with E-state index in [0.717, 1.165) is 6.42 Å². The summed E-state index contributed by atoms with van der Waals surface area (Å²) in [4.78, 5) is 53.8. The first-order valence-corrected chi connectivity index (χ1v) is 8.19. The largest absolute Gasteiger partial charge is 0.480 e. The van der Waals surface area contributed by atoms with Crippen molar-refractivity contribution in [1.82, 2.24) is 25.9 Å². The van der Waals surface area contributed by atoms with Crippen LogP contribution in [0.5, 0.6) is 0 Å². The van der Waals surface area contributed by atoms with Gasteiger partial charge in [-0.2, -0.15) is 0 Å². The molecule has 0 bridgehead atoms. The number of carboxylic acids is 1. The van der Waals surface area contributed by atoms with Crippen LogP contribution in [-0.4, -0.2) is 63.4 Å². The van der Waals surface area contributed by atoms with Crippen LogP contribution in [-0.2, 0) is 25.6 Å². The van der Waals surface area contributed by atoms with Gasteiger partial charge in [0, 0.05) is 18.3 Å². The van der Waals surface area contributed by atoms with E-state index in [9.17, 15) is 24.3 Å². The van der Waals surface area contributed by atoms with Crippen LogP contribution in [0.15, 0.2) is 12.5 Å². The number of carboxylic acid groups (broad SMARTS) is 1. The Morgan fingerprint density at radius 1 is 1.31 bits per heavy atom. The summed E-state index contributed by atoms with van der Waals surface area (Å²) in [5.74, 6) is -3.26. The van der Waals surface area contributed by atoms with Gasteiger partial charge in [-0.3, -0.25) is 14.4 Å². The van der Waals surface area contributed by atoms with Crippen molar-refractivity contribution in [3.05, 3.63) is 18.2 Å². The predicted molar refractivity (Wildman–Crippen MR) is 88.6 cm³/mol. The number of hydrogen-bond acceptors (Lipinski definition) is 6. The minimum atomic E-state index is -1.26. The number of nitrogens with zero attached hydrogens (tertiary/aromatic N) is 1. The number of imidazole rings is 1. The summed E-state index contributed by atoms with van der Waals surface area (Å²) in [5.41, 5.74) is 5.66. The van der Waals surface area contributed by atoms with E-state index in [4.69, 9.17) is 5.73 Å². The minimum Gasteiger partial charge on any atom is -0.480 e. The van der Waals surface area contributed by atoms with Crippen molar-refractivity contribution in [2.75, 3.05) is 6.54 Å². The molecule has 3 amide bonds. The molecular formula is C15H22N6O5. The van der Waals surface area contributed by atoms with Crippen LogP contribution < -0.4 is 21.7 Å². The number of carbonyl (C=O) groups is 4. The Morgan fingerprint density at radius 2 is 2.08 bits per heavy atom. The molecule has 26 heavy (non-hydrogen) atoms. The van der Waals surface area contributed by atoms with E-state index in [1.165, 1.54) is 12.5 Å². The molecule has 2 rings (SSSR count). The number of aromatic amines is 1. The molecule has 0 radical (unpaired) electrons. The zero-order chi connectivity index (χ0) is 19.1. The Bertz CT molecular complexity index is 655. The maximum absolute atomic E-state index is 12.4. The average molecular weight is 366 g/mol. The van der Waals surface area contributed by atoms with Gasteiger partial charge in [0.1, 0.15) is 12.1 Å². The van der Waals surface area contributed by atoms with E-state index in [1.807, 2.05) is 0 Å². The van der Waals surface area contributed by atoms with Crippen LogP contribution in [0.3, 0.4) is 0 Å². The first-order chi connectivity index (χ1) is 12.4. The van der Waals surface area contributed by atoms with Gasteiger partial charge in [0.25, 0.3) is 0 Å². The Labute approximate surface area is 149 Å². The number of nitrogens with one attached hydrogen (secondary N) is 4. The number of carbonyl (C=O) groups excluding carboxylic acids is 3. The van der Waals surface area contributed by atoms with Crippen LogP contribution >= 0.6 is 0 Å². The van der Waals surface area contributed by atoms with Crippen LogP contribution in [0.1, 0.15) is 25.0 Å². The number of primary amides is 1. The number of H-pyrrole nitrogens is 1. The molecule has 0 unspecified atom stereocenters. The molecule has 1 saturated heterocycles. The number of aromatic nitrogens is 2. The van der Waals surface area contributed by atoms with Crippen molar-refractivity contribution < 1.29 is 24.3 Å². The van der Waals surface area contributed by atoms with E-state index >= 15 is 0 Å². The second-order valence-corrected chi connectivity index (χ2v) is 6.06. The lowest BCUT2D eigenvalue weighted by Gasteiger charge is -2.22. The van der Waals surface area contributed by atoms with E-state index in [-0.39, 0.29) is 6.42 Å². The zero-order valence-electron chi connectivity index (χ0n) is 14.0. The number of nitrogens with two attached hydrogens (primary N) is 1. The molecule has 0 aliphatic carbocycles. The van der Waals surface area contributed by atoms with Gasteiger partial charge in [-0.05, 0) is 19.4 Å². The van der Waals surface area contributed by atoms with Gasteiger partial charge in [0.05, 0.1) is 18.8 Å². The molecule has 1 fully saturated rings. The first-order valence-electron chi connectivity index (χ1n) is 8.19. The van der Waals surface area contributed by atoms with Crippen molar-refractivity contribution in [3.8, 4) is 0 Å². The monoisotopic (exact) mass is 366 g/mol. The Kier molecular flexibility index (Phi) is 6.67. The molecule has 11 heteroatoms. The molecule has 142 valence electrons. The molecule has 2 heterocycles. The minimum absolute atomic E-state index is 0.0253. The number of rotatable bonds is 9. The molecule has 0 spiro atoms. The lowest BCUT2D eigenvalue weighted by Crippen LogP contribution is -2.55. The van der Waals surface area contributed by atoms with Crippen LogP contribution in [0.2, 0.25) is 0 Å². The third kappa shape index (κ3) is 5.55. The smallest absolute Gasteiger partial charge is 0.326 e. The van der Waals surface area contributed by atoms with Crippen LogP contribution in [0.4, 0.5) is 0 Å².